The molecule has 1 aromatic carbocycles. The van der Waals surface area contributed by atoms with E-state index in [1.807, 2.05) is 0 Å². The maximum atomic E-state index is 13.8. The molecule has 1 aromatic rings. The third-order valence-corrected chi connectivity index (χ3v) is 3.59. The molecule has 0 aromatic heterocycles. The Labute approximate surface area is 105 Å². The Balaban J connectivity index is 2.27. The first-order chi connectivity index (χ1) is 8.59. The normalized spacial score (nSPS) is 16.8. The lowest BCUT2D eigenvalue weighted by molar-refractivity contribution is -0.116. The highest BCUT2D eigenvalue weighted by molar-refractivity contribution is 5.86. The first kappa shape index (κ1) is 12.7. The number of amides is 1. The van der Waals surface area contributed by atoms with Crippen LogP contribution in [0.15, 0.2) is 30.9 Å². The molecule has 1 aliphatic carbocycles. The van der Waals surface area contributed by atoms with Crippen LogP contribution in [0.2, 0.25) is 0 Å². The van der Waals surface area contributed by atoms with E-state index in [9.17, 15) is 13.6 Å². The van der Waals surface area contributed by atoms with E-state index in [-0.39, 0.29) is 18.0 Å². The number of nitrogens with one attached hydrogen (secondary N) is 1. The monoisotopic (exact) mass is 251 g/mol. The minimum Gasteiger partial charge on any atom is -0.352 e. The van der Waals surface area contributed by atoms with Gasteiger partial charge in [0.05, 0.1) is 0 Å². The van der Waals surface area contributed by atoms with Gasteiger partial charge in [-0.05, 0) is 31.1 Å². The smallest absolute Gasteiger partial charge is 0.243 e. The third kappa shape index (κ3) is 2.15. The molecule has 0 heterocycles. The van der Waals surface area contributed by atoms with Crippen LogP contribution in [-0.4, -0.2) is 12.5 Å². The topological polar surface area (TPSA) is 29.1 Å². The van der Waals surface area contributed by atoms with Crippen molar-refractivity contribution in [3.63, 3.8) is 0 Å². The zero-order valence-corrected chi connectivity index (χ0v) is 10.0. The Morgan fingerprint density at radius 2 is 2.00 bits per heavy atom. The highest BCUT2D eigenvalue weighted by atomic mass is 19.1. The molecule has 0 aliphatic heterocycles. The van der Waals surface area contributed by atoms with Gasteiger partial charge >= 0.3 is 0 Å². The lowest BCUT2D eigenvalue weighted by atomic mass is 9.64. The standard InChI is InChI=1S/C14H15F2NO/c1-2-12(18)17-9-14(7-4-8-14)13-10(15)5-3-6-11(13)16/h2-3,5-6H,1,4,7-9H2,(H,17,18). The van der Waals surface area contributed by atoms with Crippen molar-refractivity contribution in [3.05, 3.63) is 48.1 Å². The summed E-state index contributed by atoms with van der Waals surface area (Å²) in [6, 6.07) is 3.87. The molecule has 18 heavy (non-hydrogen) atoms. The predicted molar refractivity (Wildman–Crippen MR) is 65.1 cm³/mol. The number of carbonyl (C=O) groups is 1. The third-order valence-electron chi connectivity index (χ3n) is 3.59. The second-order valence-electron chi connectivity index (χ2n) is 4.65. The summed E-state index contributed by atoms with van der Waals surface area (Å²) in [4.78, 5) is 11.2. The highest BCUT2D eigenvalue weighted by Crippen LogP contribution is 2.45. The molecule has 4 heteroatoms. The molecule has 0 radical (unpaired) electrons. The van der Waals surface area contributed by atoms with Gasteiger partial charge in [-0.3, -0.25) is 4.79 Å². The van der Waals surface area contributed by atoms with Crippen LogP contribution in [0, 0.1) is 11.6 Å². The van der Waals surface area contributed by atoms with Crippen LogP contribution < -0.4 is 5.32 Å². The molecule has 2 rings (SSSR count). The quantitative estimate of drug-likeness (QED) is 0.819. The maximum absolute atomic E-state index is 13.8. The van der Waals surface area contributed by atoms with Crippen LogP contribution in [0.5, 0.6) is 0 Å². The number of rotatable bonds is 4. The summed E-state index contributed by atoms with van der Waals surface area (Å²) < 4.78 is 27.6. The fourth-order valence-electron chi connectivity index (χ4n) is 2.45. The Hall–Kier alpha value is -1.71. The molecule has 0 unspecified atom stereocenters. The molecule has 0 spiro atoms. The minimum absolute atomic E-state index is 0.0978. The first-order valence-electron chi connectivity index (χ1n) is 5.94. The van der Waals surface area contributed by atoms with E-state index in [0.29, 0.717) is 12.8 Å². The van der Waals surface area contributed by atoms with Crippen molar-refractivity contribution in [2.75, 3.05) is 6.54 Å². The van der Waals surface area contributed by atoms with Crippen molar-refractivity contribution in [3.8, 4) is 0 Å². The lowest BCUT2D eigenvalue weighted by Gasteiger charge is -2.42. The van der Waals surface area contributed by atoms with E-state index in [1.165, 1.54) is 18.2 Å². The number of carbonyl (C=O) groups excluding carboxylic acids is 1. The number of hydrogen-bond donors (Lipinski definition) is 1. The Morgan fingerprint density at radius 3 is 2.44 bits per heavy atom. The summed E-state index contributed by atoms with van der Waals surface area (Å²) in [5.41, 5.74) is -0.505. The molecule has 2 nitrogen and oxygen atoms in total. The first-order valence-corrected chi connectivity index (χ1v) is 5.94. The Kier molecular flexibility index (Phi) is 3.45. The van der Waals surface area contributed by atoms with Gasteiger partial charge in [0, 0.05) is 17.5 Å². The molecule has 0 bridgehead atoms. The fraction of sp³-hybridized carbons (Fsp3) is 0.357. The molecule has 1 saturated carbocycles. The van der Waals surface area contributed by atoms with Gasteiger partial charge in [0.2, 0.25) is 5.91 Å². The summed E-state index contributed by atoms with van der Waals surface area (Å²) in [6.45, 7) is 3.60. The molecule has 96 valence electrons. The van der Waals surface area contributed by atoms with Gasteiger partial charge < -0.3 is 5.32 Å². The van der Waals surface area contributed by atoms with E-state index in [0.717, 1.165) is 12.5 Å². The van der Waals surface area contributed by atoms with E-state index in [4.69, 9.17) is 0 Å². The van der Waals surface area contributed by atoms with E-state index >= 15 is 0 Å². The van der Waals surface area contributed by atoms with E-state index in [1.54, 1.807) is 0 Å². The van der Waals surface area contributed by atoms with Crippen LogP contribution >= 0.6 is 0 Å². The second kappa shape index (κ2) is 4.88. The van der Waals surface area contributed by atoms with Crippen molar-refractivity contribution in [1.82, 2.24) is 5.32 Å². The van der Waals surface area contributed by atoms with Crippen molar-refractivity contribution in [2.45, 2.75) is 24.7 Å². The van der Waals surface area contributed by atoms with Gasteiger partial charge in [-0.1, -0.05) is 19.1 Å². The van der Waals surface area contributed by atoms with Gasteiger partial charge in [0.25, 0.3) is 0 Å². The SMILES string of the molecule is C=CC(=O)NCC1(c2c(F)cccc2F)CCC1. The van der Waals surface area contributed by atoms with Crippen molar-refractivity contribution >= 4 is 5.91 Å². The predicted octanol–water partition coefficient (Wildman–Crippen LogP) is 2.69. The lowest BCUT2D eigenvalue weighted by Crippen LogP contribution is -2.46. The van der Waals surface area contributed by atoms with Crippen LogP contribution in [0.1, 0.15) is 24.8 Å². The summed E-state index contributed by atoms with van der Waals surface area (Å²) in [5, 5.41) is 2.64. The average molecular weight is 251 g/mol. The van der Waals surface area contributed by atoms with Gasteiger partial charge in [0.15, 0.2) is 0 Å². The Bertz CT molecular complexity index is 460. The van der Waals surface area contributed by atoms with Crippen molar-refractivity contribution in [2.24, 2.45) is 0 Å². The fourth-order valence-corrected chi connectivity index (χ4v) is 2.45. The largest absolute Gasteiger partial charge is 0.352 e. The summed E-state index contributed by atoms with van der Waals surface area (Å²) in [5.74, 6) is -1.40. The van der Waals surface area contributed by atoms with Gasteiger partial charge in [0.1, 0.15) is 11.6 Å². The van der Waals surface area contributed by atoms with Crippen molar-refractivity contribution < 1.29 is 13.6 Å². The highest BCUT2D eigenvalue weighted by Gasteiger charge is 2.42. The maximum Gasteiger partial charge on any atom is 0.243 e. The van der Waals surface area contributed by atoms with Gasteiger partial charge in [-0.15, -0.1) is 0 Å². The summed E-state index contributed by atoms with van der Waals surface area (Å²) >= 11 is 0. The number of halogens is 2. The van der Waals surface area contributed by atoms with E-state index < -0.39 is 17.0 Å². The van der Waals surface area contributed by atoms with Crippen LogP contribution in [0.4, 0.5) is 8.78 Å². The molecule has 1 aliphatic rings. The minimum atomic E-state index is -0.603. The zero-order valence-electron chi connectivity index (χ0n) is 10.0. The molecule has 1 amide bonds. The van der Waals surface area contributed by atoms with Gasteiger partial charge in [-0.2, -0.15) is 0 Å². The van der Waals surface area contributed by atoms with Crippen LogP contribution in [0.25, 0.3) is 0 Å². The zero-order chi connectivity index (χ0) is 13.2. The molecular formula is C14H15F2NO. The Morgan fingerprint density at radius 1 is 1.39 bits per heavy atom. The number of benzene rings is 1. The van der Waals surface area contributed by atoms with Crippen LogP contribution in [-0.2, 0) is 10.2 Å². The van der Waals surface area contributed by atoms with Crippen molar-refractivity contribution in [1.29, 1.82) is 0 Å². The molecule has 1 N–H and O–H groups in total. The van der Waals surface area contributed by atoms with Gasteiger partial charge in [-0.25, -0.2) is 8.78 Å². The molecule has 1 fully saturated rings. The van der Waals surface area contributed by atoms with Crippen LogP contribution in [0.3, 0.4) is 0 Å². The summed E-state index contributed by atoms with van der Waals surface area (Å²) in [6.07, 6.45) is 3.44. The number of hydrogen-bond acceptors (Lipinski definition) is 1. The molecular weight excluding hydrogens is 236 g/mol. The summed E-state index contributed by atoms with van der Waals surface area (Å²) in [7, 11) is 0. The average Bonchev–Trinajstić information content (AvgIpc) is 2.30. The molecule has 0 saturated heterocycles. The van der Waals surface area contributed by atoms with E-state index in [2.05, 4.69) is 11.9 Å². The molecule has 0 atom stereocenters. The second-order valence-corrected chi connectivity index (χ2v) is 4.65.